The highest BCUT2D eigenvalue weighted by Crippen LogP contribution is 2.61. The molecule has 2 aliphatic carbocycles. The zero-order valence-electron chi connectivity index (χ0n) is 10.6. The standard InChI is InChI=1S/C14H18O4/c1-3-11(15)18-14(4-2)6-8-5-10(14)9-7-17-13(16)12(8)9/h3,8-10,12H,1,4-7H2,2H3. The Labute approximate surface area is 106 Å². The van der Waals surface area contributed by atoms with Crippen LogP contribution in [0.15, 0.2) is 12.7 Å². The van der Waals surface area contributed by atoms with Crippen LogP contribution in [0.5, 0.6) is 0 Å². The molecule has 5 unspecified atom stereocenters. The van der Waals surface area contributed by atoms with Gasteiger partial charge in [0.15, 0.2) is 0 Å². The van der Waals surface area contributed by atoms with Crippen molar-refractivity contribution in [1.29, 1.82) is 0 Å². The van der Waals surface area contributed by atoms with Crippen LogP contribution in [0.1, 0.15) is 26.2 Å². The lowest BCUT2D eigenvalue weighted by Gasteiger charge is -2.39. The Morgan fingerprint density at radius 3 is 3.11 bits per heavy atom. The summed E-state index contributed by atoms with van der Waals surface area (Å²) in [5.41, 5.74) is -0.398. The number of cyclic esters (lactones) is 1. The van der Waals surface area contributed by atoms with Gasteiger partial charge in [0.05, 0.1) is 12.5 Å². The van der Waals surface area contributed by atoms with Crippen LogP contribution in [0.2, 0.25) is 0 Å². The van der Waals surface area contributed by atoms with E-state index in [9.17, 15) is 9.59 Å². The smallest absolute Gasteiger partial charge is 0.330 e. The average molecular weight is 250 g/mol. The van der Waals surface area contributed by atoms with E-state index in [1.165, 1.54) is 6.08 Å². The normalized spacial score (nSPS) is 44.6. The Morgan fingerprint density at radius 1 is 1.67 bits per heavy atom. The number of esters is 2. The fourth-order valence-electron chi connectivity index (χ4n) is 4.36. The number of hydrogen-bond acceptors (Lipinski definition) is 4. The van der Waals surface area contributed by atoms with Gasteiger partial charge in [-0.2, -0.15) is 0 Å². The van der Waals surface area contributed by atoms with E-state index in [4.69, 9.17) is 9.47 Å². The maximum atomic E-state index is 11.7. The molecule has 4 heteroatoms. The van der Waals surface area contributed by atoms with Crippen molar-refractivity contribution >= 4 is 11.9 Å². The van der Waals surface area contributed by atoms with Gasteiger partial charge in [0.1, 0.15) is 5.60 Å². The Balaban J connectivity index is 1.86. The molecule has 4 nitrogen and oxygen atoms in total. The summed E-state index contributed by atoms with van der Waals surface area (Å²) in [5.74, 6) is 0.491. The molecule has 0 spiro atoms. The SMILES string of the molecule is C=CC(=O)OC1(CC)CC2CC1C1COC(=O)C21. The van der Waals surface area contributed by atoms with Gasteiger partial charge < -0.3 is 9.47 Å². The molecule has 1 saturated heterocycles. The van der Waals surface area contributed by atoms with Gasteiger partial charge in [-0.1, -0.05) is 13.5 Å². The van der Waals surface area contributed by atoms with Gasteiger partial charge in [-0.25, -0.2) is 4.79 Å². The summed E-state index contributed by atoms with van der Waals surface area (Å²) in [5, 5.41) is 0. The second-order valence-electron chi connectivity index (χ2n) is 5.67. The van der Waals surface area contributed by atoms with E-state index in [1.807, 2.05) is 6.92 Å². The zero-order valence-corrected chi connectivity index (χ0v) is 10.6. The first-order valence-electron chi connectivity index (χ1n) is 6.63. The lowest BCUT2D eigenvalue weighted by Crippen LogP contribution is -2.45. The molecule has 18 heavy (non-hydrogen) atoms. The predicted molar refractivity (Wildman–Crippen MR) is 63.5 cm³/mol. The average Bonchev–Trinajstić information content (AvgIpc) is 3.01. The third-order valence-corrected chi connectivity index (χ3v) is 5.09. The molecular formula is C14H18O4. The van der Waals surface area contributed by atoms with Crippen molar-refractivity contribution in [3.63, 3.8) is 0 Å². The first-order valence-corrected chi connectivity index (χ1v) is 6.63. The Bertz CT molecular complexity index is 416. The van der Waals surface area contributed by atoms with Crippen molar-refractivity contribution in [3.8, 4) is 0 Å². The minimum absolute atomic E-state index is 0.0488. The third-order valence-electron chi connectivity index (χ3n) is 5.09. The predicted octanol–water partition coefficient (Wildman–Crippen LogP) is 1.69. The molecule has 98 valence electrons. The molecule has 3 fully saturated rings. The van der Waals surface area contributed by atoms with Crippen LogP contribution >= 0.6 is 0 Å². The molecule has 1 heterocycles. The summed E-state index contributed by atoms with van der Waals surface area (Å²) in [6.07, 6.45) is 3.80. The molecule has 5 atom stereocenters. The first-order chi connectivity index (χ1) is 8.61. The minimum atomic E-state index is -0.398. The van der Waals surface area contributed by atoms with Gasteiger partial charge >= 0.3 is 11.9 Å². The van der Waals surface area contributed by atoms with Crippen LogP contribution in [0.25, 0.3) is 0 Å². The van der Waals surface area contributed by atoms with Gasteiger partial charge in [0, 0.05) is 17.9 Å². The Morgan fingerprint density at radius 2 is 2.44 bits per heavy atom. The summed E-state index contributed by atoms with van der Waals surface area (Å²) in [6.45, 7) is 6.00. The molecule has 1 aliphatic heterocycles. The van der Waals surface area contributed by atoms with Gasteiger partial charge in [0.25, 0.3) is 0 Å². The maximum absolute atomic E-state index is 11.7. The van der Waals surface area contributed by atoms with E-state index in [0.717, 1.165) is 19.3 Å². The second-order valence-corrected chi connectivity index (χ2v) is 5.67. The van der Waals surface area contributed by atoms with Gasteiger partial charge in [0.2, 0.25) is 0 Å². The highest BCUT2D eigenvalue weighted by molar-refractivity contribution is 5.82. The van der Waals surface area contributed by atoms with E-state index in [2.05, 4.69) is 6.58 Å². The third kappa shape index (κ3) is 1.38. The van der Waals surface area contributed by atoms with Crippen LogP contribution in [0.3, 0.4) is 0 Å². The summed E-state index contributed by atoms with van der Waals surface area (Å²) in [7, 11) is 0. The molecular weight excluding hydrogens is 232 g/mol. The van der Waals surface area contributed by atoms with Crippen molar-refractivity contribution in [2.24, 2.45) is 23.7 Å². The van der Waals surface area contributed by atoms with E-state index < -0.39 is 5.60 Å². The van der Waals surface area contributed by atoms with E-state index >= 15 is 0 Å². The monoisotopic (exact) mass is 250 g/mol. The second kappa shape index (κ2) is 3.84. The highest BCUT2D eigenvalue weighted by atomic mass is 16.6. The lowest BCUT2D eigenvalue weighted by molar-refractivity contribution is -0.164. The van der Waals surface area contributed by atoms with Crippen LogP contribution in [-0.4, -0.2) is 24.1 Å². The van der Waals surface area contributed by atoms with Crippen molar-refractivity contribution in [2.75, 3.05) is 6.61 Å². The Kier molecular flexibility index (Phi) is 2.50. The van der Waals surface area contributed by atoms with Crippen molar-refractivity contribution in [1.82, 2.24) is 0 Å². The largest absolute Gasteiger partial charge is 0.465 e. The van der Waals surface area contributed by atoms with Gasteiger partial charge in [-0.15, -0.1) is 0 Å². The first kappa shape index (κ1) is 11.8. The molecule has 0 N–H and O–H groups in total. The fraction of sp³-hybridized carbons (Fsp3) is 0.714. The molecule has 0 aromatic rings. The number of ether oxygens (including phenoxy) is 2. The Hall–Kier alpha value is -1.32. The molecule has 0 radical (unpaired) electrons. The summed E-state index contributed by atoms with van der Waals surface area (Å²) in [4.78, 5) is 23.2. The molecule has 0 aromatic carbocycles. The topological polar surface area (TPSA) is 52.6 Å². The van der Waals surface area contributed by atoms with Gasteiger partial charge in [-0.3, -0.25) is 4.79 Å². The van der Waals surface area contributed by atoms with Crippen LogP contribution in [0.4, 0.5) is 0 Å². The summed E-state index contributed by atoms with van der Waals surface area (Å²) in [6, 6.07) is 0. The van der Waals surface area contributed by atoms with E-state index in [1.54, 1.807) is 0 Å². The molecule has 3 rings (SSSR count). The molecule has 0 amide bonds. The van der Waals surface area contributed by atoms with Crippen molar-refractivity contribution < 1.29 is 19.1 Å². The van der Waals surface area contributed by atoms with Gasteiger partial charge in [-0.05, 0) is 25.2 Å². The zero-order chi connectivity index (χ0) is 12.9. The lowest BCUT2D eigenvalue weighted by atomic mass is 9.71. The van der Waals surface area contributed by atoms with Crippen LogP contribution in [0, 0.1) is 23.7 Å². The number of hydrogen-bond donors (Lipinski definition) is 0. The summed E-state index contributed by atoms with van der Waals surface area (Å²) < 4.78 is 10.8. The van der Waals surface area contributed by atoms with Crippen LogP contribution in [-0.2, 0) is 19.1 Å². The molecule has 2 saturated carbocycles. The van der Waals surface area contributed by atoms with E-state index in [-0.39, 0.29) is 29.7 Å². The highest BCUT2D eigenvalue weighted by Gasteiger charge is 2.65. The fourth-order valence-corrected chi connectivity index (χ4v) is 4.36. The number of rotatable bonds is 3. The maximum Gasteiger partial charge on any atom is 0.330 e. The number of fused-ring (bicyclic) bond motifs is 5. The van der Waals surface area contributed by atoms with Crippen molar-refractivity contribution in [3.05, 3.63) is 12.7 Å². The molecule has 2 bridgehead atoms. The quantitative estimate of drug-likeness (QED) is 0.565. The van der Waals surface area contributed by atoms with E-state index in [0.29, 0.717) is 12.5 Å². The number of carbonyl (C=O) groups is 2. The molecule has 0 aromatic heterocycles. The molecule has 3 aliphatic rings. The number of carbonyl (C=O) groups excluding carboxylic acids is 2. The van der Waals surface area contributed by atoms with Crippen LogP contribution < -0.4 is 0 Å². The summed E-state index contributed by atoms with van der Waals surface area (Å²) >= 11 is 0. The minimum Gasteiger partial charge on any atom is -0.465 e. The van der Waals surface area contributed by atoms with Crippen molar-refractivity contribution in [2.45, 2.75) is 31.8 Å².